The molecule has 5 heteroatoms. The number of likely N-dealkylation sites (tertiary alicyclic amines) is 1. The molecule has 0 N–H and O–H groups in total. The van der Waals surface area contributed by atoms with E-state index in [0.29, 0.717) is 0 Å². The van der Waals surface area contributed by atoms with Crippen LogP contribution in [0.15, 0.2) is 35.8 Å². The number of anilines is 1. The molecule has 1 aromatic carbocycles. The van der Waals surface area contributed by atoms with Crippen LogP contribution in [0.5, 0.6) is 0 Å². The minimum Gasteiger partial charge on any atom is -0.375 e. The number of amides is 1. The fourth-order valence-electron chi connectivity index (χ4n) is 3.04. The molecule has 0 bridgehead atoms. The highest BCUT2D eigenvalue weighted by atomic mass is 32.1. The average Bonchev–Trinajstić information content (AvgIpc) is 3.15. The van der Waals surface area contributed by atoms with Gasteiger partial charge in [0.1, 0.15) is 5.01 Å². The van der Waals surface area contributed by atoms with Crippen LogP contribution in [0.4, 0.5) is 5.69 Å². The standard InChI is InChI=1S/C18H23N3OS/c1-3-20(2)15-9-7-14(8-10-15)18(22)21-12-5-4-6-16(21)17-19-11-13-23-17/h7-11,13,16H,3-6,12H2,1-2H3. The van der Waals surface area contributed by atoms with Crippen molar-refractivity contribution in [2.75, 3.05) is 25.0 Å². The molecule has 0 spiro atoms. The second kappa shape index (κ2) is 7.13. The van der Waals surface area contributed by atoms with Crippen LogP contribution < -0.4 is 4.90 Å². The molecule has 0 radical (unpaired) electrons. The van der Waals surface area contributed by atoms with E-state index in [4.69, 9.17) is 0 Å². The highest BCUT2D eigenvalue weighted by molar-refractivity contribution is 7.09. The number of rotatable bonds is 4. The topological polar surface area (TPSA) is 36.4 Å². The van der Waals surface area contributed by atoms with Crippen molar-refractivity contribution in [2.24, 2.45) is 0 Å². The van der Waals surface area contributed by atoms with Gasteiger partial charge in [-0.25, -0.2) is 4.98 Å². The van der Waals surface area contributed by atoms with E-state index in [1.54, 1.807) is 11.3 Å². The van der Waals surface area contributed by atoms with E-state index < -0.39 is 0 Å². The average molecular weight is 329 g/mol. The first-order valence-corrected chi connectivity index (χ1v) is 9.10. The zero-order valence-corrected chi connectivity index (χ0v) is 14.6. The molecule has 2 aromatic rings. The summed E-state index contributed by atoms with van der Waals surface area (Å²) in [6.07, 6.45) is 5.07. The first-order chi connectivity index (χ1) is 11.2. The number of aromatic nitrogens is 1. The van der Waals surface area contributed by atoms with Crippen molar-refractivity contribution in [1.82, 2.24) is 9.88 Å². The molecule has 122 valence electrons. The lowest BCUT2D eigenvalue weighted by atomic mass is 10.0. The van der Waals surface area contributed by atoms with E-state index >= 15 is 0 Å². The zero-order valence-electron chi connectivity index (χ0n) is 13.7. The van der Waals surface area contributed by atoms with Crippen molar-refractivity contribution < 1.29 is 4.79 Å². The molecule has 1 aliphatic rings. The predicted molar refractivity (Wildman–Crippen MR) is 95.1 cm³/mol. The van der Waals surface area contributed by atoms with Gasteiger partial charge in [0.25, 0.3) is 5.91 Å². The van der Waals surface area contributed by atoms with E-state index in [0.717, 1.165) is 48.6 Å². The van der Waals surface area contributed by atoms with E-state index in [1.165, 1.54) is 0 Å². The van der Waals surface area contributed by atoms with E-state index in [9.17, 15) is 4.79 Å². The Hall–Kier alpha value is -1.88. The Kier molecular flexibility index (Phi) is 4.96. The number of carbonyl (C=O) groups excluding carboxylic acids is 1. The molecule has 2 heterocycles. The molecular weight excluding hydrogens is 306 g/mol. The van der Waals surface area contributed by atoms with Crippen LogP contribution in [-0.2, 0) is 0 Å². The number of hydrogen-bond donors (Lipinski definition) is 0. The molecule has 1 unspecified atom stereocenters. The van der Waals surface area contributed by atoms with E-state index in [-0.39, 0.29) is 11.9 Å². The lowest BCUT2D eigenvalue weighted by Gasteiger charge is -2.34. The first-order valence-electron chi connectivity index (χ1n) is 8.22. The van der Waals surface area contributed by atoms with Gasteiger partial charge in [0, 0.05) is 43.0 Å². The molecule has 1 fully saturated rings. The molecule has 1 atom stereocenters. The van der Waals surface area contributed by atoms with Crippen LogP contribution in [0.25, 0.3) is 0 Å². The van der Waals surface area contributed by atoms with Crippen molar-refractivity contribution in [3.63, 3.8) is 0 Å². The van der Waals surface area contributed by atoms with Gasteiger partial charge >= 0.3 is 0 Å². The van der Waals surface area contributed by atoms with E-state index in [2.05, 4.69) is 23.9 Å². The Morgan fingerprint density at radius 1 is 1.35 bits per heavy atom. The first kappa shape index (κ1) is 16.0. The summed E-state index contributed by atoms with van der Waals surface area (Å²) in [5, 5.41) is 3.04. The molecule has 0 aliphatic carbocycles. The summed E-state index contributed by atoms with van der Waals surface area (Å²) in [5.41, 5.74) is 1.90. The maximum Gasteiger partial charge on any atom is 0.254 e. The molecule has 1 aromatic heterocycles. The molecule has 4 nitrogen and oxygen atoms in total. The normalized spacial score (nSPS) is 18.0. The summed E-state index contributed by atoms with van der Waals surface area (Å²) in [7, 11) is 2.06. The van der Waals surface area contributed by atoms with Crippen LogP contribution in [0, 0.1) is 0 Å². The lowest BCUT2D eigenvalue weighted by molar-refractivity contribution is 0.0611. The highest BCUT2D eigenvalue weighted by Gasteiger charge is 2.30. The number of hydrogen-bond acceptors (Lipinski definition) is 4. The molecule has 23 heavy (non-hydrogen) atoms. The minimum absolute atomic E-state index is 0.121. The van der Waals surface area contributed by atoms with Crippen molar-refractivity contribution in [3.8, 4) is 0 Å². The van der Waals surface area contributed by atoms with Gasteiger partial charge in [-0.3, -0.25) is 4.79 Å². The predicted octanol–water partition coefficient (Wildman–Crippen LogP) is 3.97. The molecule has 3 rings (SSSR count). The number of thiazole rings is 1. The fraction of sp³-hybridized carbons (Fsp3) is 0.444. The Bertz CT molecular complexity index is 639. The van der Waals surface area contributed by atoms with Crippen molar-refractivity contribution in [2.45, 2.75) is 32.2 Å². The van der Waals surface area contributed by atoms with Gasteiger partial charge in [-0.1, -0.05) is 0 Å². The Morgan fingerprint density at radius 3 is 2.78 bits per heavy atom. The van der Waals surface area contributed by atoms with Gasteiger partial charge in [-0.2, -0.15) is 0 Å². The quantitative estimate of drug-likeness (QED) is 0.852. The second-order valence-corrected chi connectivity index (χ2v) is 6.87. The van der Waals surface area contributed by atoms with Crippen LogP contribution in [0.2, 0.25) is 0 Å². The van der Waals surface area contributed by atoms with Crippen LogP contribution in [0.1, 0.15) is 47.6 Å². The fourth-order valence-corrected chi connectivity index (χ4v) is 3.82. The van der Waals surface area contributed by atoms with Gasteiger partial charge in [-0.15, -0.1) is 11.3 Å². The van der Waals surface area contributed by atoms with E-state index in [1.807, 2.05) is 40.7 Å². The Balaban J connectivity index is 1.80. The second-order valence-electron chi connectivity index (χ2n) is 5.94. The molecule has 1 aliphatic heterocycles. The zero-order chi connectivity index (χ0) is 16.2. The Labute approximate surface area is 141 Å². The molecule has 1 amide bonds. The SMILES string of the molecule is CCN(C)c1ccc(C(=O)N2CCCCC2c2nccs2)cc1. The summed E-state index contributed by atoms with van der Waals surface area (Å²) >= 11 is 1.64. The largest absolute Gasteiger partial charge is 0.375 e. The maximum atomic E-state index is 12.9. The van der Waals surface area contributed by atoms with Crippen molar-refractivity contribution >= 4 is 22.9 Å². The van der Waals surface area contributed by atoms with Crippen molar-refractivity contribution in [3.05, 3.63) is 46.4 Å². The minimum atomic E-state index is 0.121. The smallest absolute Gasteiger partial charge is 0.254 e. The van der Waals surface area contributed by atoms with Crippen molar-refractivity contribution in [1.29, 1.82) is 0 Å². The lowest BCUT2D eigenvalue weighted by Crippen LogP contribution is -2.38. The van der Waals surface area contributed by atoms with Gasteiger partial charge in [0.2, 0.25) is 0 Å². The maximum absolute atomic E-state index is 12.9. The van der Waals surface area contributed by atoms with Gasteiger partial charge in [0.05, 0.1) is 6.04 Å². The van der Waals surface area contributed by atoms with Gasteiger partial charge in [0.15, 0.2) is 0 Å². The third kappa shape index (κ3) is 3.39. The summed E-state index contributed by atoms with van der Waals surface area (Å²) in [5.74, 6) is 0.121. The summed E-state index contributed by atoms with van der Waals surface area (Å²) in [6.45, 7) is 3.89. The number of benzene rings is 1. The summed E-state index contributed by atoms with van der Waals surface area (Å²) < 4.78 is 0. The summed E-state index contributed by atoms with van der Waals surface area (Å²) in [4.78, 5) is 21.5. The highest BCUT2D eigenvalue weighted by Crippen LogP contribution is 2.33. The summed E-state index contributed by atoms with van der Waals surface area (Å²) in [6, 6.07) is 8.07. The number of carbonyl (C=O) groups is 1. The molecular formula is C18H23N3OS. The van der Waals surface area contributed by atoms with Gasteiger partial charge < -0.3 is 9.80 Å². The van der Waals surface area contributed by atoms with Crippen LogP contribution in [-0.4, -0.2) is 35.9 Å². The number of piperidine rings is 1. The third-order valence-electron chi connectivity index (χ3n) is 4.53. The van der Waals surface area contributed by atoms with Crippen LogP contribution >= 0.6 is 11.3 Å². The third-order valence-corrected chi connectivity index (χ3v) is 5.41. The Morgan fingerprint density at radius 2 is 2.13 bits per heavy atom. The van der Waals surface area contributed by atoms with Gasteiger partial charge in [-0.05, 0) is 50.5 Å². The molecule has 0 saturated carbocycles. The molecule has 1 saturated heterocycles. The van der Waals surface area contributed by atoms with Crippen LogP contribution in [0.3, 0.4) is 0 Å². The number of nitrogens with zero attached hydrogens (tertiary/aromatic N) is 3. The monoisotopic (exact) mass is 329 g/mol.